The Balaban J connectivity index is 1.32. The summed E-state index contributed by atoms with van der Waals surface area (Å²) in [6, 6.07) is 16.1. The van der Waals surface area contributed by atoms with Crippen LogP contribution in [0.15, 0.2) is 71.9 Å². The normalized spacial score (nSPS) is 14.6. The van der Waals surface area contributed by atoms with Crippen molar-refractivity contribution in [2.24, 2.45) is 0 Å². The summed E-state index contributed by atoms with van der Waals surface area (Å²) in [6.07, 6.45) is 4.66. The fourth-order valence-corrected chi connectivity index (χ4v) is 5.02. The Morgan fingerprint density at radius 3 is 2.70 bits per heavy atom. The summed E-state index contributed by atoms with van der Waals surface area (Å²) in [6.45, 7) is 0. The zero-order valence-corrected chi connectivity index (χ0v) is 20.1. The van der Waals surface area contributed by atoms with Crippen LogP contribution in [0.3, 0.4) is 0 Å². The smallest absolute Gasteiger partial charge is 0.307 e. The maximum atomic E-state index is 13.4. The van der Waals surface area contributed by atoms with Crippen molar-refractivity contribution in [3.63, 3.8) is 0 Å². The van der Waals surface area contributed by atoms with E-state index in [1.165, 1.54) is 11.0 Å². The maximum absolute atomic E-state index is 13.4. The van der Waals surface area contributed by atoms with Gasteiger partial charge in [0.15, 0.2) is 0 Å². The number of tetrazole rings is 1. The second kappa shape index (κ2) is 9.14. The summed E-state index contributed by atoms with van der Waals surface area (Å²) < 4.78 is 3.32. The van der Waals surface area contributed by atoms with Crippen LogP contribution < -0.4 is 5.56 Å². The van der Waals surface area contributed by atoms with E-state index >= 15 is 0 Å². The van der Waals surface area contributed by atoms with Crippen molar-refractivity contribution in [2.45, 2.75) is 25.3 Å². The second-order valence-corrected chi connectivity index (χ2v) is 9.30. The van der Waals surface area contributed by atoms with Gasteiger partial charge in [-0.15, -0.1) is 5.10 Å². The van der Waals surface area contributed by atoms with E-state index in [-0.39, 0.29) is 18.0 Å². The number of aromatic nitrogens is 7. The average Bonchev–Trinajstić information content (AvgIpc) is 3.65. The van der Waals surface area contributed by atoms with Gasteiger partial charge in [0.25, 0.3) is 5.56 Å². The number of carboxylic acid groups (broad SMARTS) is 1. The Morgan fingerprint density at radius 2 is 1.95 bits per heavy atom. The van der Waals surface area contributed by atoms with Gasteiger partial charge in [-0.3, -0.25) is 9.59 Å². The molecule has 11 heteroatoms. The van der Waals surface area contributed by atoms with E-state index in [0.29, 0.717) is 17.3 Å². The molecule has 1 aliphatic rings. The lowest BCUT2D eigenvalue weighted by Crippen LogP contribution is -2.23. The van der Waals surface area contributed by atoms with Gasteiger partial charge in [0, 0.05) is 22.3 Å². The van der Waals surface area contributed by atoms with Crippen molar-refractivity contribution in [3.8, 4) is 28.1 Å². The van der Waals surface area contributed by atoms with Gasteiger partial charge in [-0.1, -0.05) is 35.9 Å². The van der Waals surface area contributed by atoms with E-state index in [1.807, 2.05) is 24.3 Å². The number of hydrogen-bond acceptors (Lipinski definition) is 6. The Hall–Kier alpha value is -4.57. The molecule has 0 saturated carbocycles. The number of aliphatic carboxylic acids is 1. The molecule has 0 radical (unpaired) electrons. The molecule has 184 valence electrons. The first kappa shape index (κ1) is 22.9. The molecule has 0 bridgehead atoms. The third-order valence-corrected chi connectivity index (χ3v) is 6.77. The van der Waals surface area contributed by atoms with Gasteiger partial charge in [0.1, 0.15) is 12.2 Å². The molecule has 3 aromatic heterocycles. The third-order valence-electron chi connectivity index (χ3n) is 6.53. The number of nitrogens with one attached hydrogen (secondary N) is 1. The van der Waals surface area contributed by atoms with Crippen LogP contribution in [0.25, 0.3) is 28.1 Å². The predicted molar refractivity (Wildman–Crippen MR) is 136 cm³/mol. The first-order valence-electron chi connectivity index (χ1n) is 11.6. The van der Waals surface area contributed by atoms with Crippen LogP contribution in [-0.2, 0) is 17.6 Å². The molecule has 0 amide bonds. The van der Waals surface area contributed by atoms with Gasteiger partial charge in [0.05, 0.1) is 30.0 Å². The van der Waals surface area contributed by atoms with Gasteiger partial charge < -0.3 is 14.7 Å². The van der Waals surface area contributed by atoms with Crippen LogP contribution in [-0.4, -0.2) is 45.8 Å². The lowest BCUT2D eigenvalue weighted by Gasteiger charge is -2.15. The first-order chi connectivity index (χ1) is 18.0. The average molecular weight is 514 g/mol. The molecule has 0 aliphatic carbocycles. The summed E-state index contributed by atoms with van der Waals surface area (Å²) in [5.41, 5.74) is 5.43. The quantitative estimate of drug-likeness (QED) is 0.354. The van der Waals surface area contributed by atoms with Crippen LogP contribution in [0, 0.1) is 0 Å². The summed E-state index contributed by atoms with van der Waals surface area (Å²) in [7, 11) is 0. The van der Waals surface area contributed by atoms with Gasteiger partial charge in [-0.2, -0.15) is 4.68 Å². The Bertz CT molecular complexity index is 1670. The van der Waals surface area contributed by atoms with Crippen LogP contribution in [0.2, 0.25) is 5.02 Å². The molecule has 0 saturated heterocycles. The number of halogens is 1. The van der Waals surface area contributed by atoms with E-state index in [2.05, 4.69) is 25.5 Å². The van der Waals surface area contributed by atoms with Gasteiger partial charge in [0.2, 0.25) is 0 Å². The molecule has 0 unspecified atom stereocenters. The van der Waals surface area contributed by atoms with E-state index in [0.717, 1.165) is 45.7 Å². The number of aryl methyl sites for hydroxylation is 1. The van der Waals surface area contributed by atoms with Crippen molar-refractivity contribution < 1.29 is 9.90 Å². The number of rotatable bonds is 6. The molecule has 5 aromatic rings. The van der Waals surface area contributed by atoms with Gasteiger partial charge >= 0.3 is 5.97 Å². The number of pyridine rings is 1. The second-order valence-electron chi connectivity index (χ2n) is 8.86. The number of carbonyl (C=O) groups is 1. The molecule has 4 heterocycles. The molecule has 37 heavy (non-hydrogen) atoms. The van der Waals surface area contributed by atoms with E-state index in [4.69, 9.17) is 16.7 Å². The van der Waals surface area contributed by atoms with Crippen molar-refractivity contribution >= 4 is 17.6 Å². The lowest BCUT2D eigenvalue weighted by atomic mass is 10.0. The number of benzene rings is 2. The van der Waals surface area contributed by atoms with Crippen LogP contribution in [0.5, 0.6) is 0 Å². The zero-order chi connectivity index (χ0) is 25.5. The number of H-pyrrole nitrogens is 1. The summed E-state index contributed by atoms with van der Waals surface area (Å²) in [5, 5.41) is 20.9. The molecule has 10 nitrogen and oxygen atoms in total. The minimum absolute atomic E-state index is 0.0231. The van der Waals surface area contributed by atoms with Crippen LogP contribution >= 0.6 is 11.6 Å². The summed E-state index contributed by atoms with van der Waals surface area (Å²) in [5.74, 6) is -0.164. The van der Waals surface area contributed by atoms with Crippen molar-refractivity contribution in [3.05, 3.63) is 99.6 Å². The van der Waals surface area contributed by atoms with Crippen molar-refractivity contribution in [1.29, 1.82) is 0 Å². The molecule has 0 fully saturated rings. The zero-order valence-electron chi connectivity index (χ0n) is 19.4. The number of nitrogens with zero attached hydrogens (tertiary/aromatic N) is 6. The lowest BCUT2D eigenvalue weighted by molar-refractivity contribution is -0.136. The number of imidazole rings is 1. The minimum atomic E-state index is -0.868. The van der Waals surface area contributed by atoms with E-state index in [1.54, 1.807) is 41.1 Å². The van der Waals surface area contributed by atoms with Gasteiger partial charge in [-0.05, 0) is 64.2 Å². The molecule has 0 spiro atoms. The first-order valence-corrected chi connectivity index (χ1v) is 12.0. The number of hydrogen-bond donors (Lipinski definition) is 2. The number of carboxylic acids is 1. The minimum Gasteiger partial charge on any atom is -0.481 e. The van der Waals surface area contributed by atoms with Crippen LogP contribution in [0.1, 0.15) is 29.5 Å². The Labute approximate surface area is 215 Å². The maximum Gasteiger partial charge on any atom is 0.307 e. The molecule has 1 aliphatic heterocycles. The monoisotopic (exact) mass is 513 g/mol. The number of fused-ring (bicyclic) bond motifs is 1. The molecular formula is C26H20ClN7O3. The summed E-state index contributed by atoms with van der Waals surface area (Å²) >= 11 is 6.29. The molecular weight excluding hydrogens is 494 g/mol. The highest BCUT2D eigenvalue weighted by Gasteiger charge is 2.28. The van der Waals surface area contributed by atoms with Crippen molar-refractivity contribution in [1.82, 2.24) is 34.7 Å². The SMILES string of the molecule is O=C(O)Cc1ccc(-c2cnc([C@@H]3CCc4cc(-c5cc(Cl)ccc5-n5cnnn5)cc(=O)n43)[nH]2)cc1. The van der Waals surface area contributed by atoms with E-state index in [9.17, 15) is 9.59 Å². The fourth-order valence-electron chi connectivity index (χ4n) is 4.85. The van der Waals surface area contributed by atoms with E-state index < -0.39 is 5.97 Å². The Morgan fingerprint density at radius 1 is 1.11 bits per heavy atom. The fraction of sp³-hybridized carbons (Fsp3) is 0.154. The van der Waals surface area contributed by atoms with Crippen LogP contribution in [0.4, 0.5) is 0 Å². The molecule has 1 atom stereocenters. The third kappa shape index (κ3) is 4.31. The standard InChI is InChI=1S/C26H20ClN7O3/c27-18-5-7-22(33-14-29-31-32-33)20(12-18)17-10-19-6-8-23(34(19)24(35)11-17)26-28-13-21(30-26)16-3-1-15(2-4-16)9-25(36)37/h1-5,7,10-14,23H,6,8-9H2,(H,28,30)(H,36,37)/t23-/m0/s1. The van der Waals surface area contributed by atoms with Crippen molar-refractivity contribution in [2.75, 3.05) is 0 Å². The van der Waals surface area contributed by atoms with Gasteiger partial charge in [-0.25, -0.2) is 4.98 Å². The Kier molecular flexibility index (Phi) is 5.65. The number of aromatic amines is 1. The topological polar surface area (TPSA) is 132 Å². The summed E-state index contributed by atoms with van der Waals surface area (Å²) in [4.78, 5) is 32.2. The predicted octanol–water partition coefficient (Wildman–Crippen LogP) is 3.70. The highest BCUT2D eigenvalue weighted by molar-refractivity contribution is 6.31. The molecule has 6 rings (SSSR count). The highest BCUT2D eigenvalue weighted by atomic mass is 35.5. The largest absolute Gasteiger partial charge is 0.481 e. The molecule has 2 N–H and O–H groups in total. The highest BCUT2D eigenvalue weighted by Crippen LogP contribution is 2.34. The molecule has 2 aromatic carbocycles.